The molecular weight excluding hydrogens is 238 g/mol. The van der Waals surface area contributed by atoms with Crippen molar-refractivity contribution in [3.8, 4) is 0 Å². The summed E-state index contributed by atoms with van der Waals surface area (Å²) >= 11 is 0. The summed E-state index contributed by atoms with van der Waals surface area (Å²) in [4.78, 5) is 0. The van der Waals surface area contributed by atoms with Crippen LogP contribution in [-0.2, 0) is 14.6 Å². The lowest BCUT2D eigenvalue weighted by atomic mass is 10.2. The van der Waals surface area contributed by atoms with E-state index in [9.17, 15) is 8.42 Å². The maximum Gasteiger partial charge on any atom is 0.160 e. The average molecular weight is 261 g/mol. The van der Waals surface area contributed by atoms with Crippen LogP contribution in [0.2, 0.25) is 0 Å². The molecule has 100 valence electrons. The highest BCUT2D eigenvalue weighted by molar-refractivity contribution is 7.92. The molecule has 17 heavy (non-hydrogen) atoms. The summed E-state index contributed by atoms with van der Waals surface area (Å²) in [5.41, 5.74) is 0. The third kappa shape index (κ3) is 2.51. The molecule has 2 rings (SSSR count). The summed E-state index contributed by atoms with van der Waals surface area (Å²) in [6, 6.07) is 0.151. The Morgan fingerprint density at radius 1 is 1.24 bits per heavy atom. The Balaban J connectivity index is 2.14. The summed E-state index contributed by atoms with van der Waals surface area (Å²) in [6.45, 7) is 5.34. The highest BCUT2D eigenvalue weighted by Crippen LogP contribution is 2.32. The van der Waals surface area contributed by atoms with Gasteiger partial charge >= 0.3 is 0 Å². The van der Waals surface area contributed by atoms with Gasteiger partial charge in [0, 0.05) is 12.6 Å². The minimum atomic E-state index is -3.05. The molecule has 5 heteroatoms. The number of hydrogen-bond acceptors (Lipinski definition) is 4. The molecule has 2 aliphatic rings. The summed E-state index contributed by atoms with van der Waals surface area (Å²) in [5.74, 6) is 0. The molecule has 1 saturated carbocycles. The molecule has 0 aromatic heterocycles. The first-order valence-corrected chi connectivity index (χ1v) is 8.26. The first kappa shape index (κ1) is 13.3. The standard InChI is InChI=1S/C12H23NO3S/c1-3-13-10-5-4-6-12(10)17(14,15)11-7-8-16-9(11)2/h9-13H,3-8H2,1-2H3. The summed E-state index contributed by atoms with van der Waals surface area (Å²) in [7, 11) is -3.05. The van der Waals surface area contributed by atoms with E-state index in [0.717, 1.165) is 25.8 Å². The van der Waals surface area contributed by atoms with Gasteiger partial charge in [-0.1, -0.05) is 13.3 Å². The Kier molecular flexibility index (Phi) is 4.10. The predicted octanol–water partition coefficient (Wildman–Crippen LogP) is 1.11. The molecule has 1 heterocycles. The molecule has 4 nitrogen and oxygen atoms in total. The van der Waals surface area contributed by atoms with Crippen molar-refractivity contribution >= 4 is 9.84 Å². The topological polar surface area (TPSA) is 55.4 Å². The fourth-order valence-electron chi connectivity index (χ4n) is 3.18. The fourth-order valence-corrected chi connectivity index (χ4v) is 5.85. The van der Waals surface area contributed by atoms with Crippen LogP contribution in [0.25, 0.3) is 0 Å². The largest absolute Gasteiger partial charge is 0.377 e. The lowest BCUT2D eigenvalue weighted by molar-refractivity contribution is 0.126. The number of ether oxygens (including phenoxy) is 1. The van der Waals surface area contributed by atoms with E-state index >= 15 is 0 Å². The van der Waals surface area contributed by atoms with Gasteiger partial charge in [0.2, 0.25) is 0 Å². The Hall–Kier alpha value is -0.130. The number of hydrogen-bond donors (Lipinski definition) is 1. The molecule has 4 unspecified atom stereocenters. The normalized spacial score (nSPS) is 38.7. The second kappa shape index (κ2) is 5.24. The van der Waals surface area contributed by atoms with Gasteiger partial charge in [0.05, 0.1) is 16.6 Å². The van der Waals surface area contributed by atoms with Gasteiger partial charge in [-0.2, -0.15) is 0 Å². The fraction of sp³-hybridized carbons (Fsp3) is 1.00. The lowest BCUT2D eigenvalue weighted by Gasteiger charge is -2.25. The predicted molar refractivity (Wildman–Crippen MR) is 67.8 cm³/mol. The minimum Gasteiger partial charge on any atom is -0.377 e. The average Bonchev–Trinajstić information content (AvgIpc) is 2.87. The molecule has 0 aromatic carbocycles. The van der Waals surface area contributed by atoms with Gasteiger partial charge in [-0.25, -0.2) is 8.42 Å². The zero-order chi connectivity index (χ0) is 12.5. The molecule has 1 N–H and O–H groups in total. The second-order valence-corrected chi connectivity index (χ2v) is 7.51. The van der Waals surface area contributed by atoms with Crippen LogP contribution in [0.4, 0.5) is 0 Å². The van der Waals surface area contributed by atoms with Crippen molar-refractivity contribution in [3.05, 3.63) is 0 Å². The first-order chi connectivity index (χ1) is 8.07. The highest BCUT2D eigenvalue weighted by Gasteiger charge is 2.45. The van der Waals surface area contributed by atoms with Crippen LogP contribution >= 0.6 is 0 Å². The zero-order valence-electron chi connectivity index (χ0n) is 10.7. The first-order valence-electron chi connectivity index (χ1n) is 6.65. The van der Waals surface area contributed by atoms with E-state index in [1.165, 1.54) is 0 Å². The van der Waals surface area contributed by atoms with E-state index in [4.69, 9.17) is 4.74 Å². The Labute approximate surface area is 104 Å². The molecule has 0 radical (unpaired) electrons. The third-order valence-electron chi connectivity index (χ3n) is 4.07. The molecule has 0 amide bonds. The van der Waals surface area contributed by atoms with Gasteiger partial charge in [-0.05, 0) is 32.7 Å². The van der Waals surface area contributed by atoms with Crippen LogP contribution in [0, 0.1) is 0 Å². The maximum absolute atomic E-state index is 12.6. The molecule has 2 fully saturated rings. The van der Waals surface area contributed by atoms with Crippen LogP contribution in [0.3, 0.4) is 0 Å². The number of sulfone groups is 1. The SMILES string of the molecule is CCNC1CCCC1S(=O)(=O)C1CCOC1C. The zero-order valence-corrected chi connectivity index (χ0v) is 11.5. The Morgan fingerprint density at radius 3 is 2.59 bits per heavy atom. The summed E-state index contributed by atoms with van der Waals surface area (Å²) < 4.78 is 30.6. The van der Waals surface area contributed by atoms with Crippen LogP contribution in [0.15, 0.2) is 0 Å². The van der Waals surface area contributed by atoms with E-state index in [1.807, 2.05) is 13.8 Å². The van der Waals surface area contributed by atoms with Crippen LogP contribution < -0.4 is 5.32 Å². The lowest BCUT2D eigenvalue weighted by Crippen LogP contribution is -2.45. The molecule has 0 aromatic rings. The van der Waals surface area contributed by atoms with Crippen molar-refractivity contribution < 1.29 is 13.2 Å². The molecule has 1 saturated heterocycles. The van der Waals surface area contributed by atoms with E-state index in [-0.39, 0.29) is 22.6 Å². The van der Waals surface area contributed by atoms with E-state index in [1.54, 1.807) is 0 Å². The van der Waals surface area contributed by atoms with Gasteiger partial charge < -0.3 is 10.1 Å². The second-order valence-electron chi connectivity index (χ2n) is 5.13. The van der Waals surface area contributed by atoms with Gasteiger partial charge in [-0.3, -0.25) is 0 Å². The Morgan fingerprint density at radius 2 is 2.00 bits per heavy atom. The highest BCUT2D eigenvalue weighted by atomic mass is 32.2. The van der Waals surface area contributed by atoms with E-state index < -0.39 is 9.84 Å². The molecule has 0 bridgehead atoms. The van der Waals surface area contributed by atoms with Gasteiger partial charge in [0.25, 0.3) is 0 Å². The Bertz CT molecular complexity index is 355. The molecule has 4 atom stereocenters. The quantitative estimate of drug-likeness (QED) is 0.823. The van der Waals surface area contributed by atoms with Gasteiger partial charge in [0.1, 0.15) is 0 Å². The van der Waals surface area contributed by atoms with Crippen molar-refractivity contribution in [2.75, 3.05) is 13.2 Å². The molecule has 0 spiro atoms. The van der Waals surface area contributed by atoms with Crippen molar-refractivity contribution in [3.63, 3.8) is 0 Å². The van der Waals surface area contributed by atoms with E-state index in [2.05, 4.69) is 5.32 Å². The van der Waals surface area contributed by atoms with Crippen molar-refractivity contribution in [1.82, 2.24) is 5.32 Å². The van der Waals surface area contributed by atoms with Gasteiger partial charge in [-0.15, -0.1) is 0 Å². The smallest absolute Gasteiger partial charge is 0.160 e. The third-order valence-corrected chi connectivity index (χ3v) is 6.94. The minimum absolute atomic E-state index is 0.136. The van der Waals surface area contributed by atoms with Crippen molar-refractivity contribution in [2.24, 2.45) is 0 Å². The van der Waals surface area contributed by atoms with Gasteiger partial charge in [0.15, 0.2) is 9.84 Å². The van der Waals surface area contributed by atoms with Crippen LogP contribution in [-0.4, -0.2) is 44.2 Å². The number of rotatable bonds is 4. The van der Waals surface area contributed by atoms with Crippen molar-refractivity contribution in [2.45, 2.75) is 62.2 Å². The van der Waals surface area contributed by atoms with Crippen molar-refractivity contribution in [1.29, 1.82) is 0 Å². The number of nitrogens with one attached hydrogen (secondary N) is 1. The molecular formula is C12H23NO3S. The molecule has 1 aliphatic carbocycles. The maximum atomic E-state index is 12.6. The summed E-state index contributed by atoms with van der Waals surface area (Å²) in [5, 5.41) is 2.84. The van der Waals surface area contributed by atoms with Crippen LogP contribution in [0.1, 0.15) is 39.5 Å². The van der Waals surface area contributed by atoms with E-state index in [0.29, 0.717) is 13.0 Å². The van der Waals surface area contributed by atoms with Crippen LogP contribution in [0.5, 0.6) is 0 Å². The monoisotopic (exact) mass is 261 g/mol. The molecule has 1 aliphatic heterocycles. The summed E-state index contributed by atoms with van der Waals surface area (Å²) in [6.07, 6.45) is 3.34.